The molecule has 1 aliphatic heterocycles. The molecule has 7 nitrogen and oxygen atoms in total. The molecule has 1 aliphatic rings. The van der Waals surface area contributed by atoms with Crippen molar-refractivity contribution in [3.63, 3.8) is 0 Å². The van der Waals surface area contributed by atoms with Crippen molar-refractivity contribution in [3.05, 3.63) is 23.9 Å². The minimum Gasteiger partial charge on any atom is -0.492 e. The summed E-state index contributed by atoms with van der Waals surface area (Å²) in [5, 5.41) is 3.70. The second kappa shape index (κ2) is 8.46. The molecule has 2 heterocycles. The van der Waals surface area contributed by atoms with E-state index in [-0.39, 0.29) is 23.7 Å². The number of aliphatic imine (C=N–C) groups is 2. The molecule has 3 rings (SSSR count). The molecule has 2 aromatic rings. The number of hydrogen-bond acceptors (Lipinski definition) is 5. The number of aryl methyl sites for hydroxylation is 1. The maximum Gasteiger partial charge on any atom is 0.253 e. The van der Waals surface area contributed by atoms with Crippen LogP contribution < -0.4 is 10.1 Å². The number of ether oxygens (including phenoxy) is 1. The van der Waals surface area contributed by atoms with Gasteiger partial charge in [0.05, 0.1) is 18.2 Å². The number of nitrogens with one attached hydrogen (secondary N) is 1. The number of para-hydroxylation sites is 1. The summed E-state index contributed by atoms with van der Waals surface area (Å²) in [4.78, 5) is 30.3. The molecule has 7 heteroatoms. The molecule has 0 bridgehead atoms. The molecule has 0 spiro atoms. The van der Waals surface area contributed by atoms with E-state index in [0.717, 1.165) is 29.6 Å². The molecule has 1 aromatic carbocycles. The summed E-state index contributed by atoms with van der Waals surface area (Å²) in [6.07, 6.45) is 1.76. The van der Waals surface area contributed by atoms with Crippen LogP contribution in [0.4, 0.5) is 5.95 Å². The van der Waals surface area contributed by atoms with Crippen molar-refractivity contribution in [1.29, 1.82) is 0 Å². The Hall–Kier alpha value is -2.83. The number of carbonyl (C=O) groups excluding carboxylic acids is 1. The normalized spacial score (nSPS) is 18.5. The van der Waals surface area contributed by atoms with Crippen molar-refractivity contribution in [2.45, 2.75) is 47.5 Å². The first kappa shape index (κ1) is 19.9. The SMILES string of the molecule is CCOc1cccc2c(C)nc(/N=C3/N=C(C)C(CCC(C)C)C(=O)N3)nc12. The first-order valence-corrected chi connectivity index (χ1v) is 9.74. The topological polar surface area (TPSA) is 88.8 Å². The van der Waals surface area contributed by atoms with Crippen LogP contribution in [-0.2, 0) is 4.79 Å². The zero-order valence-corrected chi connectivity index (χ0v) is 17.1. The maximum atomic E-state index is 12.5. The van der Waals surface area contributed by atoms with E-state index in [1.54, 1.807) is 0 Å². The van der Waals surface area contributed by atoms with E-state index in [4.69, 9.17) is 4.74 Å². The van der Waals surface area contributed by atoms with Gasteiger partial charge in [-0.3, -0.25) is 10.1 Å². The van der Waals surface area contributed by atoms with E-state index < -0.39 is 0 Å². The average Bonchev–Trinajstić information content (AvgIpc) is 2.62. The van der Waals surface area contributed by atoms with E-state index in [2.05, 4.69) is 39.1 Å². The molecule has 0 aliphatic carbocycles. The highest BCUT2D eigenvalue weighted by Gasteiger charge is 2.27. The van der Waals surface area contributed by atoms with Gasteiger partial charge in [-0.25, -0.2) is 15.0 Å². The van der Waals surface area contributed by atoms with Gasteiger partial charge in [0.2, 0.25) is 11.9 Å². The molecule has 0 saturated carbocycles. The fraction of sp³-hybridized carbons (Fsp3) is 0.476. The highest BCUT2D eigenvalue weighted by Crippen LogP contribution is 2.27. The van der Waals surface area contributed by atoms with Gasteiger partial charge in [-0.2, -0.15) is 4.99 Å². The molecule has 1 N–H and O–H groups in total. The van der Waals surface area contributed by atoms with Crippen LogP contribution in [0.25, 0.3) is 10.9 Å². The van der Waals surface area contributed by atoms with Gasteiger partial charge >= 0.3 is 0 Å². The van der Waals surface area contributed by atoms with Crippen molar-refractivity contribution < 1.29 is 9.53 Å². The van der Waals surface area contributed by atoms with Gasteiger partial charge < -0.3 is 4.74 Å². The molecule has 0 saturated heterocycles. The fourth-order valence-electron chi connectivity index (χ4n) is 3.23. The molecule has 0 fully saturated rings. The Morgan fingerprint density at radius 1 is 1.25 bits per heavy atom. The van der Waals surface area contributed by atoms with Gasteiger partial charge in [-0.05, 0) is 45.6 Å². The summed E-state index contributed by atoms with van der Waals surface area (Å²) in [6.45, 7) is 10.5. The highest BCUT2D eigenvalue weighted by molar-refractivity contribution is 6.17. The third kappa shape index (κ3) is 4.35. The predicted octanol–water partition coefficient (Wildman–Crippen LogP) is 3.97. The first-order chi connectivity index (χ1) is 13.4. The predicted molar refractivity (Wildman–Crippen MR) is 111 cm³/mol. The van der Waals surface area contributed by atoms with Crippen LogP contribution in [0.1, 0.15) is 46.2 Å². The third-order valence-electron chi connectivity index (χ3n) is 4.74. The Morgan fingerprint density at radius 3 is 2.71 bits per heavy atom. The van der Waals surface area contributed by atoms with Crippen molar-refractivity contribution >= 4 is 34.4 Å². The van der Waals surface area contributed by atoms with E-state index in [1.807, 2.05) is 39.0 Å². The summed E-state index contributed by atoms with van der Waals surface area (Å²) in [6, 6.07) is 5.74. The third-order valence-corrected chi connectivity index (χ3v) is 4.74. The number of guanidine groups is 1. The molecule has 1 unspecified atom stereocenters. The summed E-state index contributed by atoms with van der Waals surface area (Å²) in [5.74, 6) is 1.45. The molecule has 1 amide bonds. The summed E-state index contributed by atoms with van der Waals surface area (Å²) >= 11 is 0. The van der Waals surface area contributed by atoms with Crippen LogP contribution in [0.2, 0.25) is 0 Å². The van der Waals surface area contributed by atoms with E-state index in [1.165, 1.54) is 0 Å². The average molecular weight is 381 g/mol. The van der Waals surface area contributed by atoms with Crippen molar-refractivity contribution in [2.24, 2.45) is 21.8 Å². The minimum atomic E-state index is -0.204. The monoisotopic (exact) mass is 381 g/mol. The molecular weight excluding hydrogens is 354 g/mol. The Morgan fingerprint density at radius 2 is 2.04 bits per heavy atom. The van der Waals surface area contributed by atoms with Crippen LogP contribution in [0.5, 0.6) is 5.75 Å². The van der Waals surface area contributed by atoms with Crippen LogP contribution in [0.3, 0.4) is 0 Å². The standard InChI is InChI=1S/C21H27N5O2/c1-6-28-17-9-7-8-15-13(4)22-20(24-18(15)17)26-21-23-14(5)16(19(27)25-21)11-10-12(2)3/h7-9,12,16H,6,10-11H2,1-5H3,(H,22,24,25,26,27). The number of aromatic nitrogens is 2. The second-order valence-electron chi connectivity index (χ2n) is 7.40. The molecule has 0 radical (unpaired) electrons. The fourth-order valence-corrected chi connectivity index (χ4v) is 3.23. The van der Waals surface area contributed by atoms with E-state index in [0.29, 0.717) is 23.8 Å². The van der Waals surface area contributed by atoms with Crippen LogP contribution in [-0.4, -0.2) is 34.2 Å². The quantitative estimate of drug-likeness (QED) is 0.820. The maximum absolute atomic E-state index is 12.5. The van der Waals surface area contributed by atoms with Crippen LogP contribution >= 0.6 is 0 Å². The van der Waals surface area contributed by atoms with Gasteiger partial charge in [0.25, 0.3) is 5.95 Å². The summed E-state index contributed by atoms with van der Waals surface area (Å²) in [5.41, 5.74) is 2.27. The minimum absolute atomic E-state index is 0.0700. The lowest BCUT2D eigenvalue weighted by atomic mass is 9.93. The Labute approximate surface area is 165 Å². The van der Waals surface area contributed by atoms with Crippen LogP contribution in [0, 0.1) is 18.8 Å². The first-order valence-electron chi connectivity index (χ1n) is 9.74. The number of nitrogens with zero attached hydrogens (tertiary/aromatic N) is 4. The molecule has 1 atom stereocenters. The number of hydrogen-bond donors (Lipinski definition) is 1. The van der Waals surface area contributed by atoms with Gasteiger partial charge in [0.1, 0.15) is 11.3 Å². The Balaban J connectivity index is 1.94. The lowest BCUT2D eigenvalue weighted by Gasteiger charge is -2.22. The number of benzene rings is 1. The van der Waals surface area contributed by atoms with Crippen LogP contribution in [0.15, 0.2) is 28.2 Å². The number of rotatable bonds is 6. The zero-order valence-electron chi connectivity index (χ0n) is 17.1. The zero-order chi connectivity index (χ0) is 20.3. The summed E-state index contributed by atoms with van der Waals surface area (Å²) in [7, 11) is 0. The molecular formula is C21H27N5O2. The lowest BCUT2D eigenvalue weighted by molar-refractivity contribution is -0.122. The smallest absolute Gasteiger partial charge is 0.253 e. The molecule has 1 aromatic heterocycles. The van der Waals surface area contributed by atoms with E-state index >= 15 is 0 Å². The van der Waals surface area contributed by atoms with Gasteiger partial charge in [0.15, 0.2) is 0 Å². The molecule has 28 heavy (non-hydrogen) atoms. The van der Waals surface area contributed by atoms with E-state index in [9.17, 15) is 4.79 Å². The summed E-state index contributed by atoms with van der Waals surface area (Å²) < 4.78 is 5.68. The Bertz CT molecular complexity index is 949. The van der Waals surface area contributed by atoms with Crippen molar-refractivity contribution in [3.8, 4) is 5.75 Å². The number of fused-ring (bicyclic) bond motifs is 1. The van der Waals surface area contributed by atoms with Gasteiger partial charge in [-0.15, -0.1) is 0 Å². The lowest BCUT2D eigenvalue weighted by Crippen LogP contribution is -2.43. The highest BCUT2D eigenvalue weighted by atomic mass is 16.5. The number of carbonyl (C=O) groups is 1. The number of amides is 1. The largest absolute Gasteiger partial charge is 0.492 e. The van der Waals surface area contributed by atoms with Gasteiger partial charge in [0, 0.05) is 11.1 Å². The Kier molecular flexibility index (Phi) is 6.02. The van der Waals surface area contributed by atoms with Crippen molar-refractivity contribution in [1.82, 2.24) is 15.3 Å². The second-order valence-corrected chi connectivity index (χ2v) is 7.40. The van der Waals surface area contributed by atoms with Gasteiger partial charge in [-0.1, -0.05) is 26.0 Å². The molecule has 148 valence electrons. The van der Waals surface area contributed by atoms with Crippen molar-refractivity contribution in [2.75, 3.05) is 6.61 Å².